The van der Waals surface area contributed by atoms with Crippen LogP contribution in [-0.4, -0.2) is 10.6 Å². The predicted octanol–water partition coefficient (Wildman–Crippen LogP) is 4.13. The average molecular weight is 268 g/mol. The van der Waals surface area contributed by atoms with Gasteiger partial charge in [-0.25, -0.2) is 0 Å². The first kappa shape index (κ1) is 13.4. The molecule has 0 atom stereocenters. The largest absolute Gasteiger partial charge is 0.318 e. The van der Waals surface area contributed by atoms with Crippen molar-refractivity contribution in [3.05, 3.63) is 53.3 Å². The van der Waals surface area contributed by atoms with Crippen molar-refractivity contribution in [1.29, 1.82) is 0 Å². The van der Waals surface area contributed by atoms with E-state index in [1.165, 1.54) is 48.3 Å². The van der Waals surface area contributed by atoms with Crippen LogP contribution in [0.3, 0.4) is 0 Å². The van der Waals surface area contributed by atoms with Crippen molar-refractivity contribution < 1.29 is 0 Å². The molecule has 106 valence electrons. The molecule has 1 fully saturated rings. The molecule has 0 aliphatic heterocycles. The monoisotopic (exact) mass is 268 g/mol. The van der Waals surface area contributed by atoms with Crippen molar-refractivity contribution in [3.63, 3.8) is 0 Å². The van der Waals surface area contributed by atoms with E-state index in [9.17, 15) is 0 Å². The molecule has 2 heteroatoms. The van der Waals surface area contributed by atoms with Crippen LogP contribution in [0.15, 0.2) is 36.4 Å². The highest BCUT2D eigenvalue weighted by atomic mass is 15.0. The summed E-state index contributed by atoms with van der Waals surface area (Å²) in [4.78, 5) is 0. The maximum absolute atomic E-state index is 3.72. The van der Waals surface area contributed by atoms with E-state index in [0.717, 1.165) is 12.6 Å². The van der Waals surface area contributed by atoms with Crippen molar-refractivity contribution in [2.45, 2.75) is 52.1 Å². The molecule has 0 bridgehead atoms. The van der Waals surface area contributed by atoms with Crippen molar-refractivity contribution in [3.8, 4) is 5.69 Å². The minimum atomic E-state index is 0.731. The van der Waals surface area contributed by atoms with Crippen molar-refractivity contribution in [2.24, 2.45) is 0 Å². The van der Waals surface area contributed by atoms with Gasteiger partial charge in [-0.1, -0.05) is 31.0 Å². The Balaban J connectivity index is 1.79. The summed E-state index contributed by atoms with van der Waals surface area (Å²) in [6, 6.07) is 13.7. The van der Waals surface area contributed by atoms with Crippen LogP contribution in [0.2, 0.25) is 0 Å². The highest BCUT2D eigenvalue weighted by molar-refractivity contribution is 5.40. The van der Waals surface area contributed by atoms with Gasteiger partial charge in [0.2, 0.25) is 0 Å². The predicted molar refractivity (Wildman–Crippen MR) is 84.3 cm³/mol. The normalized spacial score (nSPS) is 15.9. The standard InChI is InChI=1S/C18H24N2/c1-14-12-16(13-19-17-8-6-7-9-17)15(2)20(14)18-10-4-3-5-11-18/h3-5,10-12,17,19H,6-9,13H2,1-2H3. The Hall–Kier alpha value is -1.54. The minimum absolute atomic E-state index is 0.731. The van der Waals surface area contributed by atoms with Crippen LogP contribution in [0.4, 0.5) is 0 Å². The highest BCUT2D eigenvalue weighted by Crippen LogP contribution is 2.22. The second-order valence-corrected chi connectivity index (χ2v) is 5.93. The second-order valence-electron chi connectivity index (χ2n) is 5.93. The molecule has 1 aliphatic rings. The fraction of sp³-hybridized carbons (Fsp3) is 0.444. The van der Waals surface area contributed by atoms with E-state index in [4.69, 9.17) is 0 Å². The maximum atomic E-state index is 3.72. The molecule has 3 rings (SSSR count). The fourth-order valence-corrected chi connectivity index (χ4v) is 3.37. The molecule has 1 saturated carbocycles. The van der Waals surface area contributed by atoms with Crippen LogP contribution in [0.5, 0.6) is 0 Å². The first-order chi connectivity index (χ1) is 9.75. The van der Waals surface area contributed by atoms with Crippen LogP contribution >= 0.6 is 0 Å². The first-order valence-electron chi connectivity index (χ1n) is 7.72. The van der Waals surface area contributed by atoms with Gasteiger partial charge in [0.25, 0.3) is 0 Å². The summed E-state index contributed by atoms with van der Waals surface area (Å²) in [5.74, 6) is 0. The Kier molecular flexibility index (Phi) is 3.93. The van der Waals surface area contributed by atoms with E-state index < -0.39 is 0 Å². The van der Waals surface area contributed by atoms with E-state index in [1.807, 2.05) is 0 Å². The zero-order valence-corrected chi connectivity index (χ0v) is 12.5. The highest BCUT2D eigenvalue weighted by Gasteiger charge is 2.16. The lowest BCUT2D eigenvalue weighted by molar-refractivity contribution is 0.523. The zero-order valence-electron chi connectivity index (χ0n) is 12.5. The summed E-state index contributed by atoms with van der Waals surface area (Å²) in [5, 5.41) is 3.72. The number of aromatic nitrogens is 1. The number of para-hydroxylation sites is 1. The molecule has 1 heterocycles. The summed E-state index contributed by atoms with van der Waals surface area (Å²) in [7, 11) is 0. The molecule has 20 heavy (non-hydrogen) atoms. The third-order valence-corrected chi connectivity index (χ3v) is 4.49. The van der Waals surface area contributed by atoms with Gasteiger partial charge in [0.05, 0.1) is 0 Å². The SMILES string of the molecule is Cc1cc(CNC2CCCC2)c(C)n1-c1ccccc1. The molecule has 0 amide bonds. The van der Waals surface area contributed by atoms with Gasteiger partial charge in [-0.05, 0) is 50.5 Å². The molecule has 1 N–H and O–H groups in total. The van der Waals surface area contributed by atoms with E-state index in [1.54, 1.807) is 0 Å². The number of aryl methyl sites for hydroxylation is 1. The summed E-state index contributed by atoms with van der Waals surface area (Å²) in [6.45, 7) is 5.42. The molecule has 2 nitrogen and oxygen atoms in total. The van der Waals surface area contributed by atoms with E-state index in [2.05, 4.69) is 60.1 Å². The van der Waals surface area contributed by atoms with Crippen LogP contribution < -0.4 is 5.32 Å². The van der Waals surface area contributed by atoms with Gasteiger partial charge in [0.1, 0.15) is 0 Å². The van der Waals surface area contributed by atoms with Gasteiger partial charge in [0.15, 0.2) is 0 Å². The van der Waals surface area contributed by atoms with Gasteiger partial charge in [-0.15, -0.1) is 0 Å². The number of hydrogen-bond donors (Lipinski definition) is 1. The summed E-state index contributed by atoms with van der Waals surface area (Å²) in [5.41, 5.74) is 5.36. The lowest BCUT2D eigenvalue weighted by Crippen LogP contribution is -2.25. The van der Waals surface area contributed by atoms with Crippen LogP contribution in [0.1, 0.15) is 42.6 Å². The second kappa shape index (κ2) is 5.84. The Labute approximate surface area is 121 Å². The van der Waals surface area contributed by atoms with Gasteiger partial charge in [-0.2, -0.15) is 0 Å². The van der Waals surface area contributed by atoms with Crippen LogP contribution in [0.25, 0.3) is 5.69 Å². The number of benzene rings is 1. The third kappa shape index (κ3) is 2.66. The Morgan fingerprint density at radius 2 is 1.80 bits per heavy atom. The molecule has 1 aromatic heterocycles. The minimum Gasteiger partial charge on any atom is -0.318 e. The lowest BCUT2D eigenvalue weighted by Gasteiger charge is -2.13. The number of rotatable bonds is 4. The number of hydrogen-bond acceptors (Lipinski definition) is 1. The topological polar surface area (TPSA) is 17.0 Å². The van der Waals surface area contributed by atoms with Crippen molar-refractivity contribution in [1.82, 2.24) is 9.88 Å². The smallest absolute Gasteiger partial charge is 0.0455 e. The van der Waals surface area contributed by atoms with Gasteiger partial charge in [-0.3, -0.25) is 0 Å². The molecule has 1 aromatic carbocycles. The van der Waals surface area contributed by atoms with Gasteiger partial charge in [0, 0.05) is 29.7 Å². The van der Waals surface area contributed by atoms with Crippen LogP contribution in [-0.2, 0) is 6.54 Å². The van der Waals surface area contributed by atoms with Crippen molar-refractivity contribution in [2.75, 3.05) is 0 Å². The Morgan fingerprint density at radius 1 is 1.10 bits per heavy atom. The average Bonchev–Trinajstić information content (AvgIpc) is 3.06. The molecular formula is C18H24N2. The third-order valence-electron chi connectivity index (χ3n) is 4.49. The summed E-state index contributed by atoms with van der Waals surface area (Å²) < 4.78 is 2.35. The molecule has 0 radical (unpaired) electrons. The molecular weight excluding hydrogens is 244 g/mol. The first-order valence-corrected chi connectivity index (χ1v) is 7.72. The Morgan fingerprint density at radius 3 is 2.50 bits per heavy atom. The molecule has 0 spiro atoms. The fourth-order valence-electron chi connectivity index (χ4n) is 3.37. The zero-order chi connectivity index (χ0) is 13.9. The molecule has 2 aromatic rings. The van der Waals surface area contributed by atoms with Gasteiger partial charge < -0.3 is 9.88 Å². The number of nitrogens with one attached hydrogen (secondary N) is 1. The van der Waals surface area contributed by atoms with Crippen LogP contribution in [0, 0.1) is 13.8 Å². The van der Waals surface area contributed by atoms with Crippen molar-refractivity contribution >= 4 is 0 Å². The van der Waals surface area contributed by atoms with E-state index in [0.29, 0.717) is 0 Å². The van der Waals surface area contributed by atoms with Gasteiger partial charge >= 0.3 is 0 Å². The quantitative estimate of drug-likeness (QED) is 0.882. The van der Waals surface area contributed by atoms with E-state index in [-0.39, 0.29) is 0 Å². The summed E-state index contributed by atoms with van der Waals surface area (Å²) in [6.07, 6.45) is 5.47. The molecule has 1 aliphatic carbocycles. The molecule has 0 saturated heterocycles. The summed E-state index contributed by atoms with van der Waals surface area (Å²) >= 11 is 0. The Bertz CT molecular complexity index is 563. The van der Waals surface area contributed by atoms with E-state index >= 15 is 0 Å². The number of nitrogens with zero attached hydrogens (tertiary/aromatic N) is 1. The molecule has 0 unspecified atom stereocenters. The maximum Gasteiger partial charge on any atom is 0.0455 e. The lowest BCUT2D eigenvalue weighted by atomic mass is 10.2.